The van der Waals surface area contributed by atoms with E-state index in [0.29, 0.717) is 22.9 Å². The van der Waals surface area contributed by atoms with Crippen molar-refractivity contribution in [2.24, 2.45) is 0 Å². The number of benzene rings is 2. The van der Waals surface area contributed by atoms with E-state index >= 15 is 0 Å². The molecule has 1 saturated heterocycles. The Kier molecular flexibility index (Phi) is 6.29. The van der Waals surface area contributed by atoms with Crippen molar-refractivity contribution in [3.63, 3.8) is 0 Å². The fraction of sp³-hybridized carbons (Fsp3) is 0.273. The molecule has 9 heteroatoms. The van der Waals surface area contributed by atoms with Gasteiger partial charge in [0.25, 0.3) is 11.5 Å². The average Bonchev–Trinajstić information content (AvgIpc) is 3.29. The van der Waals surface area contributed by atoms with Crippen molar-refractivity contribution in [1.29, 1.82) is 0 Å². The quantitative estimate of drug-likeness (QED) is 0.632. The summed E-state index contributed by atoms with van der Waals surface area (Å²) in [4.78, 5) is 39.0. The molecule has 2 heterocycles. The number of carbonyl (C=O) groups excluding carboxylic acids is 1. The van der Waals surface area contributed by atoms with Crippen LogP contribution in [0.2, 0.25) is 5.02 Å². The molecule has 31 heavy (non-hydrogen) atoms. The van der Waals surface area contributed by atoms with Gasteiger partial charge in [-0.1, -0.05) is 41.9 Å². The minimum Gasteiger partial charge on any atom is -0.376 e. The minimum absolute atomic E-state index is 0.0421. The molecule has 1 aliphatic heterocycles. The summed E-state index contributed by atoms with van der Waals surface area (Å²) in [6.45, 7) is 0.891. The lowest BCUT2D eigenvalue weighted by Crippen LogP contribution is -2.46. The average molecular weight is 441 g/mol. The van der Waals surface area contributed by atoms with Crippen molar-refractivity contribution in [3.05, 3.63) is 91.7 Å². The van der Waals surface area contributed by atoms with Crippen molar-refractivity contribution in [3.8, 4) is 5.69 Å². The van der Waals surface area contributed by atoms with E-state index in [2.05, 4.69) is 10.4 Å². The van der Waals surface area contributed by atoms with Crippen LogP contribution in [0.25, 0.3) is 5.69 Å². The summed E-state index contributed by atoms with van der Waals surface area (Å²) in [7, 11) is 0. The lowest BCUT2D eigenvalue weighted by Gasteiger charge is -2.14. The third-order valence-corrected chi connectivity index (χ3v) is 5.25. The Morgan fingerprint density at radius 1 is 1.16 bits per heavy atom. The molecule has 0 radical (unpaired) electrons. The van der Waals surface area contributed by atoms with Gasteiger partial charge in [-0.3, -0.25) is 14.2 Å². The number of halogens is 1. The number of ether oxygens (including phenoxy) is 1. The van der Waals surface area contributed by atoms with Crippen LogP contribution in [0.4, 0.5) is 0 Å². The molecule has 0 aliphatic carbocycles. The molecule has 1 aliphatic rings. The number of hydrogen-bond acceptors (Lipinski definition) is 5. The lowest BCUT2D eigenvalue weighted by atomic mass is 10.2. The predicted molar refractivity (Wildman–Crippen MR) is 116 cm³/mol. The summed E-state index contributed by atoms with van der Waals surface area (Å²) < 4.78 is 7.56. The lowest BCUT2D eigenvalue weighted by molar-refractivity contribution is 0.0849. The van der Waals surface area contributed by atoms with Crippen LogP contribution >= 0.6 is 11.6 Å². The highest BCUT2D eigenvalue weighted by molar-refractivity contribution is 6.30. The van der Waals surface area contributed by atoms with Gasteiger partial charge < -0.3 is 10.1 Å². The molecule has 1 amide bonds. The normalized spacial score (nSPS) is 15.7. The van der Waals surface area contributed by atoms with Crippen molar-refractivity contribution >= 4 is 17.5 Å². The number of aromatic nitrogens is 3. The van der Waals surface area contributed by atoms with Gasteiger partial charge in [-0.15, -0.1) is 0 Å². The zero-order valence-corrected chi connectivity index (χ0v) is 17.4. The number of amides is 1. The van der Waals surface area contributed by atoms with Gasteiger partial charge in [0, 0.05) is 18.2 Å². The first kappa shape index (κ1) is 21.0. The van der Waals surface area contributed by atoms with Gasteiger partial charge in [-0.05, 0) is 42.7 Å². The molecule has 1 fully saturated rings. The molecule has 0 bridgehead atoms. The molecular formula is C22H21ClN4O4. The van der Waals surface area contributed by atoms with Crippen molar-refractivity contribution in [2.75, 3.05) is 13.2 Å². The number of nitrogens with one attached hydrogen (secondary N) is 1. The Balaban J connectivity index is 1.75. The number of rotatable bonds is 6. The summed E-state index contributed by atoms with van der Waals surface area (Å²) >= 11 is 6.04. The number of nitrogens with zero attached hydrogens (tertiary/aromatic N) is 3. The molecule has 4 rings (SSSR count). The van der Waals surface area contributed by atoms with Gasteiger partial charge in [0.05, 0.1) is 18.3 Å². The maximum absolute atomic E-state index is 13.1. The molecule has 0 spiro atoms. The highest BCUT2D eigenvalue weighted by Gasteiger charge is 2.22. The van der Waals surface area contributed by atoms with Gasteiger partial charge in [0.15, 0.2) is 0 Å². The topological polar surface area (TPSA) is 95.2 Å². The molecule has 1 atom stereocenters. The predicted octanol–water partition coefficient (Wildman–Crippen LogP) is 2.00. The fourth-order valence-electron chi connectivity index (χ4n) is 3.45. The minimum atomic E-state index is -0.762. The first-order valence-electron chi connectivity index (χ1n) is 9.97. The summed E-state index contributed by atoms with van der Waals surface area (Å²) in [5.41, 5.74) is -0.666. The Hall–Kier alpha value is -3.23. The van der Waals surface area contributed by atoms with E-state index in [0.717, 1.165) is 22.1 Å². The van der Waals surface area contributed by atoms with Crippen LogP contribution in [-0.2, 0) is 11.3 Å². The van der Waals surface area contributed by atoms with Gasteiger partial charge in [-0.2, -0.15) is 9.78 Å². The van der Waals surface area contributed by atoms with Crippen LogP contribution < -0.4 is 16.6 Å². The van der Waals surface area contributed by atoms with Crippen LogP contribution in [0, 0.1) is 0 Å². The molecule has 0 saturated carbocycles. The Morgan fingerprint density at radius 3 is 2.68 bits per heavy atom. The molecule has 8 nitrogen and oxygen atoms in total. The van der Waals surface area contributed by atoms with E-state index in [4.69, 9.17) is 16.3 Å². The highest BCUT2D eigenvalue weighted by Crippen LogP contribution is 2.12. The molecule has 1 aromatic heterocycles. The summed E-state index contributed by atoms with van der Waals surface area (Å²) in [5, 5.41) is 7.29. The molecule has 2 aromatic carbocycles. The molecule has 0 unspecified atom stereocenters. The zero-order valence-electron chi connectivity index (χ0n) is 16.7. The van der Waals surface area contributed by atoms with Crippen molar-refractivity contribution in [1.82, 2.24) is 19.7 Å². The van der Waals surface area contributed by atoms with Crippen LogP contribution in [0.1, 0.15) is 28.9 Å². The van der Waals surface area contributed by atoms with Crippen molar-refractivity contribution in [2.45, 2.75) is 25.5 Å². The van der Waals surface area contributed by atoms with E-state index in [1.54, 1.807) is 54.6 Å². The Labute approximate surface area is 183 Å². The first-order chi connectivity index (χ1) is 15.0. The summed E-state index contributed by atoms with van der Waals surface area (Å²) in [6.07, 6.45) is 1.69. The smallest absolute Gasteiger partial charge is 0.352 e. The van der Waals surface area contributed by atoms with E-state index in [1.165, 1.54) is 0 Å². The third-order valence-electron chi connectivity index (χ3n) is 5.02. The van der Waals surface area contributed by atoms with E-state index in [1.807, 2.05) is 0 Å². The zero-order chi connectivity index (χ0) is 21.8. The largest absolute Gasteiger partial charge is 0.376 e. The van der Waals surface area contributed by atoms with Crippen LogP contribution in [0.15, 0.2) is 64.2 Å². The highest BCUT2D eigenvalue weighted by atomic mass is 35.5. The van der Waals surface area contributed by atoms with Crippen LogP contribution in [-0.4, -0.2) is 39.5 Å². The number of para-hydroxylation sites is 1. The second-order valence-electron chi connectivity index (χ2n) is 7.24. The van der Waals surface area contributed by atoms with E-state index in [9.17, 15) is 14.4 Å². The molecule has 1 N–H and O–H groups in total. The maximum Gasteiger partial charge on any atom is 0.352 e. The Morgan fingerprint density at radius 2 is 1.97 bits per heavy atom. The third kappa shape index (κ3) is 4.76. The monoisotopic (exact) mass is 440 g/mol. The number of carbonyl (C=O) groups is 1. The standard InChI is InChI=1S/C22H21ClN4O4/c23-16-7-4-6-15(12-16)14-26-21(29)19(20(28)24-13-18-10-5-11-31-18)25-27(22(26)30)17-8-2-1-3-9-17/h1-4,6-9,12,18H,5,10-11,13-14H2,(H,24,28)/t18-/m0/s1. The second kappa shape index (κ2) is 9.28. The van der Waals surface area contributed by atoms with Gasteiger partial charge in [0.2, 0.25) is 5.69 Å². The SMILES string of the molecule is O=C(NC[C@@H]1CCCO1)c1nn(-c2ccccc2)c(=O)n(Cc2cccc(Cl)c2)c1=O. The maximum atomic E-state index is 13.1. The van der Waals surface area contributed by atoms with E-state index < -0.39 is 17.2 Å². The van der Waals surface area contributed by atoms with Gasteiger partial charge in [0.1, 0.15) is 0 Å². The van der Waals surface area contributed by atoms with Crippen LogP contribution in [0.5, 0.6) is 0 Å². The van der Waals surface area contributed by atoms with Crippen molar-refractivity contribution < 1.29 is 9.53 Å². The second-order valence-corrected chi connectivity index (χ2v) is 7.68. The molecule has 160 valence electrons. The fourth-order valence-corrected chi connectivity index (χ4v) is 3.66. The van der Waals surface area contributed by atoms with E-state index in [-0.39, 0.29) is 24.9 Å². The summed E-state index contributed by atoms with van der Waals surface area (Å²) in [5.74, 6) is -0.648. The van der Waals surface area contributed by atoms with Gasteiger partial charge >= 0.3 is 5.69 Å². The number of hydrogen-bond donors (Lipinski definition) is 1. The first-order valence-corrected chi connectivity index (χ1v) is 10.3. The van der Waals surface area contributed by atoms with Gasteiger partial charge in [-0.25, -0.2) is 4.79 Å². The molecule has 3 aromatic rings. The Bertz CT molecular complexity index is 1200. The summed E-state index contributed by atoms with van der Waals surface area (Å²) in [6, 6.07) is 15.5. The molecular weight excluding hydrogens is 420 g/mol. The van der Waals surface area contributed by atoms with Crippen LogP contribution in [0.3, 0.4) is 0 Å².